The van der Waals surface area contributed by atoms with Gasteiger partial charge >= 0.3 is 0 Å². The van der Waals surface area contributed by atoms with Gasteiger partial charge in [-0.05, 0) is 6.20 Å². The summed E-state index contributed by atoms with van der Waals surface area (Å²) >= 11 is 0. The Hall–Kier alpha value is -0.540. The predicted molar refractivity (Wildman–Crippen MR) is 22.8 cm³/mol. The van der Waals surface area contributed by atoms with Crippen LogP contribution in [0, 0.1) is 0 Å². The van der Waals surface area contributed by atoms with Crippen molar-refractivity contribution >= 4 is 0 Å². The lowest BCUT2D eigenvalue weighted by atomic mass is 11.1. The highest BCUT2D eigenvalue weighted by Gasteiger charge is 1.09. The summed E-state index contributed by atoms with van der Waals surface area (Å²) in [7, 11) is 0. The molecule has 0 aromatic rings. The summed E-state index contributed by atoms with van der Waals surface area (Å²) in [5.74, 6) is 8.00. The number of nitrogens with two attached hydrogens (primary N) is 3. The molecule has 0 spiro atoms. The van der Waals surface area contributed by atoms with Gasteiger partial charge in [-0.25, -0.2) is 0 Å². The normalized spacial score (nSPS) is 3.60. The first-order valence-electron chi connectivity index (χ1n) is 1.07. The lowest BCUT2D eigenvalue weighted by Gasteiger charge is -1.40. The van der Waals surface area contributed by atoms with Gasteiger partial charge in [0.1, 0.15) is 0 Å². The summed E-state index contributed by atoms with van der Waals surface area (Å²) in [5.41, 5.74) is 4.61. The van der Waals surface area contributed by atoms with Crippen molar-refractivity contribution in [1.29, 1.82) is 0 Å². The van der Waals surface area contributed by atoms with Gasteiger partial charge in [-0.1, -0.05) is 6.58 Å². The summed E-state index contributed by atoms with van der Waals surface area (Å²) < 4.78 is 0. The quantitative estimate of drug-likeness (QED) is 0.253. The molecule has 0 amide bonds. The van der Waals surface area contributed by atoms with Gasteiger partial charge in [-0.15, -0.1) is 0 Å². The number of rotatable bonds is 0. The van der Waals surface area contributed by atoms with Crippen molar-refractivity contribution in [3.8, 4) is 0 Å². The minimum Gasteiger partial charge on any atom is -0.405 e. The third-order valence-electron chi connectivity index (χ3n) is 0. The fraction of sp³-hybridized carbons (Fsp3) is 0. The molecule has 3 nitrogen and oxygen atoms in total. The molecule has 3 heteroatoms. The van der Waals surface area contributed by atoms with E-state index in [-0.39, 0.29) is 0 Å². The zero-order valence-corrected chi connectivity index (χ0v) is 3.02. The molecule has 0 unspecified atom stereocenters. The minimum atomic E-state index is 1.25. The van der Waals surface area contributed by atoms with Gasteiger partial charge < -0.3 is 5.73 Å². The van der Waals surface area contributed by atoms with Crippen LogP contribution in [-0.4, -0.2) is 0 Å². The highest BCUT2D eigenvalue weighted by atomic mass is 15.0. The molecule has 6 N–H and O–H groups in total. The topological polar surface area (TPSA) is 78.1 Å². The fourth-order valence-corrected chi connectivity index (χ4v) is 0. The monoisotopic (exact) mass is 75.1 g/mol. The van der Waals surface area contributed by atoms with Crippen molar-refractivity contribution in [3.05, 3.63) is 12.8 Å². The van der Waals surface area contributed by atoms with Crippen molar-refractivity contribution in [2.24, 2.45) is 17.4 Å². The van der Waals surface area contributed by atoms with Gasteiger partial charge in [0, 0.05) is 0 Å². The van der Waals surface area contributed by atoms with Gasteiger partial charge in [0.25, 0.3) is 0 Å². The van der Waals surface area contributed by atoms with E-state index in [4.69, 9.17) is 0 Å². The summed E-state index contributed by atoms with van der Waals surface area (Å²) in [6, 6.07) is 0. The van der Waals surface area contributed by atoms with Crippen molar-refractivity contribution in [3.63, 3.8) is 0 Å². The Kier molecular flexibility index (Phi) is 175. The van der Waals surface area contributed by atoms with Crippen molar-refractivity contribution in [1.82, 2.24) is 0 Å². The van der Waals surface area contributed by atoms with E-state index in [1.807, 2.05) is 0 Å². The summed E-state index contributed by atoms with van der Waals surface area (Å²) in [6.07, 6.45) is 1.25. The van der Waals surface area contributed by atoms with Crippen LogP contribution in [0.3, 0.4) is 0 Å². The molecule has 0 saturated carbocycles. The van der Waals surface area contributed by atoms with E-state index in [9.17, 15) is 0 Å². The number of hydrogen-bond acceptors (Lipinski definition) is 3. The van der Waals surface area contributed by atoms with Crippen LogP contribution in [0.15, 0.2) is 12.8 Å². The third-order valence-corrected chi connectivity index (χ3v) is 0. The molecule has 0 heterocycles. The van der Waals surface area contributed by atoms with E-state index in [1.54, 1.807) is 0 Å². The minimum absolute atomic E-state index is 1.25. The second-order valence-corrected chi connectivity index (χ2v) is 0.236. The molecule has 0 fully saturated rings. The standard InChI is InChI=1S/C2H5N.H4N2/c1-2-3;1-2/h2H,1,3H2;1-2H2. The maximum Gasteiger partial charge on any atom is -0.0136 e. The maximum absolute atomic E-state index is 4.61. The summed E-state index contributed by atoms with van der Waals surface area (Å²) in [6.45, 7) is 3.14. The molecule has 0 bridgehead atoms. The zero-order valence-electron chi connectivity index (χ0n) is 3.02. The lowest BCUT2D eigenvalue weighted by Crippen LogP contribution is -2.02. The first kappa shape index (κ1) is 8.82. The van der Waals surface area contributed by atoms with Crippen LogP contribution in [0.4, 0.5) is 0 Å². The third kappa shape index (κ3) is 25.3. The highest BCUT2D eigenvalue weighted by molar-refractivity contribution is 4.48. The molecule has 0 aliphatic rings. The van der Waals surface area contributed by atoms with Gasteiger partial charge in [-0.2, -0.15) is 0 Å². The zero-order chi connectivity index (χ0) is 4.71. The van der Waals surface area contributed by atoms with Crippen LogP contribution < -0.4 is 17.4 Å². The molecule has 5 heavy (non-hydrogen) atoms. The van der Waals surface area contributed by atoms with Crippen LogP contribution in [-0.2, 0) is 0 Å². The van der Waals surface area contributed by atoms with E-state index in [0.717, 1.165) is 0 Å². The van der Waals surface area contributed by atoms with Gasteiger partial charge in [0.15, 0.2) is 0 Å². The average molecular weight is 75.1 g/mol. The Balaban J connectivity index is 0. The van der Waals surface area contributed by atoms with Crippen LogP contribution in [0.1, 0.15) is 0 Å². The average Bonchev–Trinajstić information content (AvgIpc) is 1.46. The Morgan fingerprint density at radius 1 is 1.40 bits per heavy atom. The number of hydrogen-bond donors (Lipinski definition) is 3. The molecular weight excluding hydrogens is 66.0 g/mol. The Bertz CT molecular complexity index is 12.4. The molecule has 0 rings (SSSR count). The molecule has 0 aromatic carbocycles. The van der Waals surface area contributed by atoms with Crippen molar-refractivity contribution in [2.45, 2.75) is 0 Å². The predicted octanol–water partition coefficient (Wildman–Crippen LogP) is -1.09. The molecule has 0 aromatic heterocycles. The highest BCUT2D eigenvalue weighted by Crippen LogP contribution is 1.13. The van der Waals surface area contributed by atoms with E-state index in [2.05, 4.69) is 24.0 Å². The lowest BCUT2D eigenvalue weighted by molar-refractivity contribution is 1.26. The van der Waals surface area contributed by atoms with Crippen LogP contribution >= 0.6 is 0 Å². The van der Waals surface area contributed by atoms with E-state index >= 15 is 0 Å². The molecule has 0 radical (unpaired) electrons. The van der Waals surface area contributed by atoms with Crippen LogP contribution in [0.25, 0.3) is 0 Å². The van der Waals surface area contributed by atoms with Crippen molar-refractivity contribution < 1.29 is 0 Å². The summed E-state index contributed by atoms with van der Waals surface area (Å²) in [4.78, 5) is 0. The first-order valence-corrected chi connectivity index (χ1v) is 1.07. The Morgan fingerprint density at radius 3 is 1.40 bits per heavy atom. The second-order valence-electron chi connectivity index (χ2n) is 0.236. The first-order chi connectivity index (χ1) is 2.41. The molecule has 0 aliphatic heterocycles. The Morgan fingerprint density at radius 2 is 1.40 bits per heavy atom. The Labute approximate surface area is 31.4 Å². The fourth-order valence-electron chi connectivity index (χ4n) is 0. The molecule has 0 saturated heterocycles. The largest absolute Gasteiger partial charge is 0.405 e. The van der Waals surface area contributed by atoms with E-state index in [1.165, 1.54) is 6.20 Å². The van der Waals surface area contributed by atoms with E-state index < -0.39 is 0 Å². The van der Waals surface area contributed by atoms with E-state index in [0.29, 0.717) is 0 Å². The van der Waals surface area contributed by atoms with Crippen LogP contribution in [0.2, 0.25) is 0 Å². The molecule has 32 valence electrons. The maximum atomic E-state index is 4.61. The smallest absolute Gasteiger partial charge is 0.0136 e. The van der Waals surface area contributed by atoms with Gasteiger partial charge in [0.2, 0.25) is 0 Å². The molecule has 0 aliphatic carbocycles. The van der Waals surface area contributed by atoms with Crippen LogP contribution in [0.5, 0.6) is 0 Å². The number of hydrazine groups is 1. The van der Waals surface area contributed by atoms with Crippen molar-refractivity contribution in [2.75, 3.05) is 0 Å². The van der Waals surface area contributed by atoms with Gasteiger partial charge in [-0.3, -0.25) is 11.7 Å². The SMILES string of the molecule is C=CN.NN. The van der Waals surface area contributed by atoms with Gasteiger partial charge in [0.05, 0.1) is 0 Å². The molecule has 0 atom stereocenters. The molecular formula is C2H9N3. The second kappa shape index (κ2) is 99.0. The summed E-state index contributed by atoms with van der Waals surface area (Å²) in [5, 5.41) is 0.